The second kappa shape index (κ2) is 11.1. The van der Waals surface area contributed by atoms with Gasteiger partial charge in [-0.15, -0.1) is 0 Å². The first-order valence-corrected chi connectivity index (χ1v) is 11.7. The van der Waals surface area contributed by atoms with Gasteiger partial charge in [-0.1, -0.05) is 29.8 Å². The third kappa shape index (κ3) is 6.20. The van der Waals surface area contributed by atoms with Crippen molar-refractivity contribution in [3.63, 3.8) is 0 Å². The molecule has 1 heterocycles. The van der Waals surface area contributed by atoms with Crippen molar-refractivity contribution in [2.45, 2.75) is 6.61 Å². The highest BCUT2D eigenvalue weighted by molar-refractivity contribution is 8.18. The highest BCUT2D eigenvalue weighted by atomic mass is 35.5. The zero-order valence-electron chi connectivity index (χ0n) is 18.3. The van der Waals surface area contributed by atoms with Gasteiger partial charge >= 0.3 is 0 Å². The molecule has 0 N–H and O–H groups in total. The molecule has 3 aromatic rings. The topological polar surface area (TPSA) is 99.0 Å². The molecule has 35 heavy (non-hydrogen) atoms. The second-order valence-corrected chi connectivity index (χ2v) is 8.82. The van der Waals surface area contributed by atoms with E-state index >= 15 is 0 Å². The van der Waals surface area contributed by atoms with Crippen LogP contribution in [-0.4, -0.2) is 34.1 Å². The van der Waals surface area contributed by atoms with E-state index in [1.54, 1.807) is 66.7 Å². The molecule has 0 radical (unpaired) electrons. The molecule has 3 aromatic carbocycles. The molecule has 0 spiro atoms. The number of carbonyl (C=O) groups is 2. The van der Waals surface area contributed by atoms with Gasteiger partial charge in [-0.2, -0.15) is 0 Å². The molecule has 2 amide bonds. The Kier molecular flexibility index (Phi) is 7.69. The summed E-state index contributed by atoms with van der Waals surface area (Å²) >= 11 is 6.71. The summed E-state index contributed by atoms with van der Waals surface area (Å²) < 4.78 is 11.5. The minimum atomic E-state index is -0.462. The number of rotatable bonds is 9. The number of halogens is 1. The molecule has 0 unspecified atom stereocenters. The molecular formula is C25H19ClN2O6S. The van der Waals surface area contributed by atoms with Gasteiger partial charge < -0.3 is 9.47 Å². The lowest BCUT2D eigenvalue weighted by Crippen LogP contribution is -2.32. The van der Waals surface area contributed by atoms with Crippen molar-refractivity contribution < 1.29 is 24.0 Å². The Labute approximate surface area is 210 Å². The third-order valence-corrected chi connectivity index (χ3v) is 6.18. The number of nitro groups is 1. The predicted octanol–water partition coefficient (Wildman–Crippen LogP) is 5.94. The maximum absolute atomic E-state index is 12.8. The van der Waals surface area contributed by atoms with E-state index < -0.39 is 10.8 Å². The fourth-order valence-electron chi connectivity index (χ4n) is 3.23. The fourth-order valence-corrected chi connectivity index (χ4v) is 4.21. The van der Waals surface area contributed by atoms with Crippen LogP contribution in [0.3, 0.4) is 0 Å². The van der Waals surface area contributed by atoms with Gasteiger partial charge in [0.1, 0.15) is 24.7 Å². The van der Waals surface area contributed by atoms with E-state index in [1.165, 1.54) is 12.1 Å². The minimum Gasteiger partial charge on any atom is -0.492 e. The van der Waals surface area contributed by atoms with E-state index in [0.717, 1.165) is 22.2 Å². The number of ether oxygens (including phenoxy) is 2. The Hall–Kier alpha value is -3.82. The molecule has 0 saturated carbocycles. The molecule has 178 valence electrons. The van der Waals surface area contributed by atoms with E-state index in [9.17, 15) is 19.7 Å². The molecule has 1 saturated heterocycles. The van der Waals surface area contributed by atoms with E-state index in [0.29, 0.717) is 22.1 Å². The molecular weight excluding hydrogens is 492 g/mol. The number of hydrogen-bond donors (Lipinski definition) is 0. The largest absolute Gasteiger partial charge is 0.492 e. The molecule has 8 nitrogen and oxygen atoms in total. The summed E-state index contributed by atoms with van der Waals surface area (Å²) in [7, 11) is 0. The maximum atomic E-state index is 12.8. The standard InChI is InChI=1S/C25H19ClN2O6S/c26-19-7-11-21(12-8-19)33-14-13-27-24(29)23(35-25(27)30)15-18-3-1-2-4-22(18)34-16-17-5-9-20(10-6-17)28(31)32/h1-12,15H,13-14,16H2/b23-15-. The minimum absolute atomic E-state index is 0.00319. The van der Waals surface area contributed by atoms with Crippen LogP contribution in [-0.2, 0) is 11.4 Å². The number of benzene rings is 3. The number of para-hydroxylation sites is 1. The fraction of sp³-hybridized carbons (Fsp3) is 0.120. The van der Waals surface area contributed by atoms with Crippen molar-refractivity contribution in [3.05, 3.63) is 104 Å². The van der Waals surface area contributed by atoms with Crippen LogP contribution in [0.1, 0.15) is 11.1 Å². The van der Waals surface area contributed by atoms with Crippen LogP contribution in [0, 0.1) is 10.1 Å². The van der Waals surface area contributed by atoms with Gasteiger partial charge in [0.05, 0.1) is 16.4 Å². The van der Waals surface area contributed by atoms with Crippen molar-refractivity contribution >= 4 is 46.3 Å². The average molecular weight is 511 g/mol. The highest BCUT2D eigenvalue weighted by Gasteiger charge is 2.35. The zero-order valence-corrected chi connectivity index (χ0v) is 19.8. The number of imide groups is 1. The number of non-ortho nitro benzene ring substituents is 1. The predicted molar refractivity (Wildman–Crippen MR) is 133 cm³/mol. The number of nitrogens with zero attached hydrogens (tertiary/aromatic N) is 2. The lowest BCUT2D eigenvalue weighted by atomic mass is 10.1. The van der Waals surface area contributed by atoms with Gasteiger partial charge in [0.25, 0.3) is 16.8 Å². The van der Waals surface area contributed by atoms with Crippen molar-refractivity contribution in [1.82, 2.24) is 4.90 Å². The number of hydrogen-bond acceptors (Lipinski definition) is 7. The zero-order chi connectivity index (χ0) is 24.8. The number of carbonyl (C=O) groups excluding carboxylic acids is 2. The molecule has 0 bridgehead atoms. The van der Waals surface area contributed by atoms with Crippen LogP contribution in [0.2, 0.25) is 5.02 Å². The van der Waals surface area contributed by atoms with E-state index in [1.807, 2.05) is 0 Å². The van der Waals surface area contributed by atoms with Crippen LogP contribution in [0.25, 0.3) is 6.08 Å². The first-order chi connectivity index (χ1) is 16.9. The Morgan fingerprint density at radius 2 is 1.69 bits per heavy atom. The lowest BCUT2D eigenvalue weighted by Gasteiger charge is -2.13. The molecule has 10 heteroatoms. The van der Waals surface area contributed by atoms with Gasteiger partial charge in [-0.05, 0) is 65.9 Å². The molecule has 4 rings (SSSR count). The van der Waals surface area contributed by atoms with Gasteiger partial charge in [0.2, 0.25) is 0 Å². The van der Waals surface area contributed by atoms with Crippen LogP contribution in [0.5, 0.6) is 11.5 Å². The summed E-state index contributed by atoms with van der Waals surface area (Å²) in [6.45, 7) is 0.456. The smallest absolute Gasteiger partial charge is 0.293 e. The van der Waals surface area contributed by atoms with Gasteiger partial charge in [0.15, 0.2) is 0 Å². The monoisotopic (exact) mass is 510 g/mol. The first kappa shape index (κ1) is 24.3. The summed E-state index contributed by atoms with van der Waals surface area (Å²) in [6, 6.07) is 20.0. The van der Waals surface area contributed by atoms with Crippen LogP contribution >= 0.6 is 23.4 Å². The number of thioether (sulfide) groups is 1. The van der Waals surface area contributed by atoms with Gasteiger partial charge in [-0.25, -0.2) is 0 Å². The van der Waals surface area contributed by atoms with Crippen molar-refractivity contribution in [1.29, 1.82) is 0 Å². The molecule has 1 fully saturated rings. The SMILES string of the molecule is O=C1S/C(=C\c2ccccc2OCc2ccc([N+](=O)[O-])cc2)C(=O)N1CCOc1ccc(Cl)cc1. The van der Waals surface area contributed by atoms with E-state index in [-0.39, 0.29) is 35.6 Å². The van der Waals surface area contributed by atoms with E-state index in [4.69, 9.17) is 21.1 Å². The summed E-state index contributed by atoms with van der Waals surface area (Å²) in [6.07, 6.45) is 1.62. The first-order valence-electron chi connectivity index (χ1n) is 10.5. The van der Waals surface area contributed by atoms with Crippen molar-refractivity contribution in [2.75, 3.05) is 13.2 Å². The third-order valence-electron chi connectivity index (χ3n) is 5.02. The van der Waals surface area contributed by atoms with Crippen LogP contribution in [0.4, 0.5) is 10.5 Å². The second-order valence-electron chi connectivity index (χ2n) is 7.39. The quantitative estimate of drug-likeness (QED) is 0.199. The lowest BCUT2D eigenvalue weighted by molar-refractivity contribution is -0.384. The Morgan fingerprint density at radius 3 is 2.40 bits per heavy atom. The molecule has 0 aromatic heterocycles. The summed E-state index contributed by atoms with van der Waals surface area (Å²) in [5.41, 5.74) is 1.40. The summed E-state index contributed by atoms with van der Waals surface area (Å²) in [5.74, 6) is 0.713. The Balaban J connectivity index is 1.39. The summed E-state index contributed by atoms with van der Waals surface area (Å²) in [4.78, 5) is 37.0. The van der Waals surface area contributed by atoms with Gasteiger partial charge in [-0.3, -0.25) is 24.6 Å². The maximum Gasteiger partial charge on any atom is 0.293 e. The Morgan fingerprint density at radius 1 is 0.971 bits per heavy atom. The molecule has 0 aliphatic carbocycles. The Bertz CT molecular complexity index is 1280. The summed E-state index contributed by atoms with van der Waals surface area (Å²) in [5, 5.41) is 11.0. The molecule has 0 atom stereocenters. The van der Waals surface area contributed by atoms with Crippen molar-refractivity contribution in [2.24, 2.45) is 0 Å². The number of amides is 2. The highest BCUT2D eigenvalue weighted by Crippen LogP contribution is 2.34. The molecule has 1 aliphatic rings. The average Bonchev–Trinajstić information content (AvgIpc) is 3.12. The van der Waals surface area contributed by atoms with Crippen LogP contribution < -0.4 is 9.47 Å². The van der Waals surface area contributed by atoms with Gasteiger partial charge in [0, 0.05) is 22.7 Å². The molecule has 1 aliphatic heterocycles. The van der Waals surface area contributed by atoms with Crippen molar-refractivity contribution in [3.8, 4) is 11.5 Å². The number of nitro benzene ring substituents is 1. The van der Waals surface area contributed by atoms with E-state index in [2.05, 4.69) is 0 Å². The normalized spacial score (nSPS) is 14.4. The van der Waals surface area contributed by atoms with Crippen LogP contribution in [0.15, 0.2) is 77.7 Å².